The van der Waals surface area contributed by atoms with Crippen molar-refractivity contribution >= 4 is 17.9 Å². The molecule has 0 aliphatic rings. The first kappa shape index (κ1) is 59.1. The number of rotatable bonds is 50. The van der Waals surface area contributed by atoms with Gasteiger partial charge in [0.2, 0.25) is 0 Å². The summed E-state index contributed by atoms with van der Waals surface area (Å²) in [4.78, 5) is 37.9. The van der Waals surface area contributed by atoms with Crippen LogP contribution in [0.1, 0.15) is 303 Å². The van der Waals surface area contributed by atoms with E-state index in [0.29, 0.717) is 19.3 Å². The first-order valence-electron chi connectivity index (χ1n) is 27.2. The summed E-state index contributed by atoms with van der Waals surface area (Å²) in [5.74, 6) is -0.860. The topological polar surface area (TPSA) is 78.9 Å². The molecule has 0 spiro atoms. The first-order chi connectivity index (χ1) is 30.0. The SMILES string of the molecule is CCCC/C=C\CCCCCCCC(=O)OC[C@H](COC(=O)CCCCCCCCCCCCCCCCCCCCCCC)OC(=O)CCCCCCCCCCCCC. The molecule has 0 aromatic heterocycles. The second-order valence-electron chi connectivity index (χ2n) is 18.5. The van der Waals surface area contributed by atoms with Crippen LogP contribution in [0.2, 0.25) is 0 Å². The second kappa shape index (κ2) is 50.8. The first-order valence-corrected chi connectivity index (χ1v) is 27.2. The molecule has 0 saturated carbocycles. The van der Waals surface area contributed by atoms with Crippen molar-refractivity contribution in [3.8, 4) is 0 Å². The third-order valence-corrected chi connectivity index (χ3v) is 12.3. The number of unbranched alkanes of at least 4 members (excludes halogenated alkanes) is 37. The normalized spacial score (nSPS) is 12.0. The molecule has 61 heavy (non-hydrogen) atoms. The number of esters is 3. The van der Waals surface area contributed by atoms with Crippen LogP contribution in [0, 0.1) is 0 Å². The summed E-state index contributed by atoms with van der Waals surface area (Å²) in [6, 6.07) is 0. The largest absolute Gasteiger partial charge is 0.462 e. The molecule has 1 atom stereocenters. The predicted molar refractivity (Wildman–Crippen MR) is 261 cm³/mol. The highest BCUT2D eigenvalue weighted by Gasteiger charge is 2.19. The Labute approximate surface area is 380 Å². The van der Waals surface area contributed by atoms with E-state index in [1.165, 1.54) is 199 Å². The van der Waals surface area contributed by atoms with E-state index in [1.54, 1.807) is 0 Å². The molecule has 0 fully saturated rings. The maximum absolute atomic E-state index is 12.8. The van der Waals surface area contributed by atoms with Gasteiger partial charge in [0, 0.05) is 19.3 Å². The lowest BCUT2D eigenvalue weighted by Gasteiger charge is -2.18. The molecular formula is C55H104O6. The fraction of sp³-hybridized carbons (Fsp3) is 0.909. The Bertz CT molecular complexity index is 947. The molecule has 6 nitrogen and oxygen atoms in total. The number of hydrogen-bond donors (Lipinski definition) is 0. The number of allylic oxidation sites excluding steroid dienone is 2. The Morgan fingerprint density at radius 1 is 0.311 bits per heavy atom. The van der Waals surface area contributed by atoms with E-state index in [0.717, 1.165) is 64.2 Å². The molecule has 0 amide bonds. The Morgan fingerprint density at radius 2 is 0.557 bits per heavy atom. The average molecular weight is 861 g/mol. The number of carbonyl (C=O) groups is 3. The summed E-state index contributed by atoms with van der Waals surface area (Å²) in [5, 5.41) is 0. The van der Waals surface area contributed by atoms with Gasteiger partial charge < -0.3 is 14.2 Å². The van der Waals surface area contributed by atoms with E-state index in [-0.39, 0.29) is 31.1 Å². The average Bonchev–Trinajstić information content (AvgIpc) is 3.26. The van der Waals surface area contributed by atoms with E-state index in [1.807, 2.05) is 0 Å². The maximum Gasteiger partial charge on any atom is 0.306 e. The fourth-order valence-corrected chi connectivity index (χ4v) is 8.13. The highest BCUT2D eigenvalue weighted by Crippen LogP contribution is 2.17. The second-order valence-corrected chi connectivity index (χ2v) is 18.5. The minimum atomic E-state index is -0.766. The maximum atomic E-state index is 12.8. The van der Waals surface area contributed by atoms with Crippen molar-refractivity contribution in [3.05, 3.63) is 12.2 Å². The van der Waals surface area contributed by atoms with Crippen LogP contribution in [0.3, 0.4) is 0 Å². The molecule has 0 heterocycles. The monoisotopic (exact) mass is 861 g/mol. The molecule has 0 radical (unpaired) electrons. The van der Waals surface area contributed by atoms with Crippen molar-refractivity contribution in [1.29, 1.82) is 0 Å². The quantitative estimate of drug-likeness (QED) is 0.0262. The van der Waals surface area contributed by atoms with Crippen LogP contribution < -0.4 is 0 Å². The van der Waals surface area contributed by atoms with Gasteiger partial charge >= 0.3 is 17.9 Å². The molecule has 0 bridgehead atoms. The zero-order valence-corrected chi connectivity index (χ0v) is 41.2. The van der Waals surface area contributed by atoms with E-state index in [9.17, 15) is 14.4 Å². The van der Waals surface area contributed by atoms with Crippen LogP contribution in [0.5, 0.6) is 0 Å². The van der Waals surface area contributed by atoms with Crippen LogP contribution >= 0.6 is 0 Å². The molecule has 6 heteroatoms. The highest BCUT2D eigenvalue weighted by atomic mass is 16.6. The predicted octanol–water partition coefficient (Wildman–Crippen LogP) is 17.8. The number of ether oxygens (including phenoxy) is 3. The van der Waals surface area contributed by atoms with Crippen molar-refractivity contribution in [1.82, 2.24) is 0 Å². The summed E-state index contributed by atoms with van der Waals surface area (Å²) in [5.41, 5.74) is 0. The van der Waals surface area contributed by atoms with Gasteiger partial charge in [0.05, 0.1) is 0 Å². The molecule has 0 rings (SSSR count). The van der Waals surface area contributed by atoms with Crippen LogP contribution in [0.15, 0.2) is 12.2 Å². The fourth-order valence-electron chi connectivity index (χ4n) is 8.13. The van der Waals surface area contributed by atoms with Gasteiger partial charge in [-0.2, -0.15) is 0 Å². The zero-order chi connectivity index (χ0) is 44.4. The minimum Gasteiger partial charge on any atom is -0.462 e. The van der Waals surface area contributed by atoms with Gasteiger partial charge in [0.15, 0.2) is 6.10 Å². The number of carbonyl (C=O) groups excluding carboxylic acids is 3. The molecular weight excluding hydrogens is 757 g/mol. The van der Waals surface area contributed by atoms with Gasteiger partial charge in [-0.25, -0.2) is 0 Å². The van der Waals surface area contributed by atoms with Gasteiger partial charge in [-0.1, -0.05) is 258 Å². The van der Waals surface area contributed by atoms with Crippen LogP contribution in [-0.4, -0.2) is 37.2 Å². The molecule has 0 aliphatic carbocycles. The third kappa shape index (κ3) is 49.0. The summed E-state index contributed by atoms with van der Waals surface area (Å²) in [6.07, 6.45) is 56.4. The summed E-state index contributed by atoms with van der Waals surface area (Å²) >= 11 is 0. The Morgan fingerprint density at radius 3 is 0.869 bits per heavy atom. The van der Waals surface area contributed by atoms with E-state index >= 15 is 0 Å². The molecule has 360 valence electrons. The van der Waals surface area contributed by atoms with Crippen molar-refractivity contribution in [2.75, 3.05) is 13.2 Å². The standard InChI is InChI=1S/C55H104O6/c1-4-7-10-13-16-19-22-23-24-25-26-27-28-29-30-31-34-36-39-42-45-48-54(57)60-51-52(61-55(58)49-46-43-40-37-33-21-18-15-12-9-6-3)50-59-53(56)47-44-41-38-35-32-20-17-14-11-8-5-2/h14,17,52H,4-13,15-16,18-51H2,1-3H3/b17-14-/t52-/m1/s1. The summed E-state index contributed by atoms with van der Waals surface area (Å²) in [7, 11) is 0. The zero-order valence-electron chi connectivity index (χ0n) is 41.2. The smallest absolute Gasteiger partial charge is 0.306 e. The van der Waals surface area contributed by atoms with Crippen LogP contribution in [-0.2, 0) is 28.6 Å². The Hall–Kier alpha value is -1.85. The van der Waals surface area contributed by atoms with Crippen molar-refractivity contribution in [2.45, 2.75) is 309 Å². The molecule has 0 N–H and O–H groups in total. The van der Waals surface area contributed by atoms with Gasteiger partial charge in [0.1, 0.15) is 13.2 Å². The lowest BCUT2D eigenvalue weighted by molar-refractivity contribution is -0.167. The molecule has 0 saturated heterocycles. The van der Waals surface area contributed by atoms with Crippen LogP contribution in [0.25, 0.3) is 0 Å². The molecule has 0 aromatic carbocycles. The van der Waals surface area contributed by atoms with Crippen molar-refractivity contribution in [2.24, 2.45) is 0 Å². The number of hydrogen-bond acceptors (Lipinski definition) is 6. The molecule has 0 aromatic rings. The lowest BCUT2D eigenvalue weighted by atomic mass is 10.0. The summed E-state index contributed by atoms with van der Waals surface area (Å²) in [6.45, 7) is 6.63. The van der Waals surface area contributed by atoms with Crippen LogP contribution in [0.4, 0.5) is 0 Å². The molecule has 0 aliphatic heterocycles. The van der Waals surface area contributed by atoms with E-state index in [4.69, 9.17) is 14.2 Å². The highest BCUT2D eigenvalue weighted by molar-refractivity contribution is 5.71. The van der Waals surface area contributed by atoms with Crippen molar-refractivity contribution in [3.63, 3.8) is 0 Å². The Kier molecular flexibility index (Phi) is 49.3. The minimum absolute atomic E-state index is 0.0672. The van der Waals surface area contributed by atoms with Gasteiger partial charge in [-0.15, -0.1) is 0 Å². The van der Waals surface area contributed by atoms with Gasteiger partial charge in [0.25, 0.3) is 0 Å². The van der Waals surface area contributed by atoms with Crippen molar-refractivity contribution < 1.29 is 28.6 Å². The Balaban J connectivity index is 4.19. The van der Waals surface area contributed by atoms with Gasteiger partial charge in [-0.3, -0.25) is 14.4 Å². The third-order valence-electron chi connectivity index (χ3n) is 12.3. The van der Waals surface area contributed by atoms with E-state index < -0.39 is 6.10 Å². The van der Waals surface area contributed by atoms with E-state index in [2.05, 4.69) is 32.9 Å². The lowest BCUT2D eigenvalue weighted by Crippen LogP contribution is -2.30. The van der Waals surface area contributed by atoms with Gasteiger partial charge in [-0.05, 0) is 38.5 Å². The molecule has 0 unspecified atom stereocenters. The summed E-state index contributed by atoms with van der Waals surface area (Å²) < 4.78 is 16.8.